The molecule has 0 amide bonds. The van der Waals surface area contributed by atoms with Crippen LogP contribution in [0.25, 0.3) is 0 Å². The molecule has 1 aromatic heterocycles. The Balaban J connectivity index is 2.66. The van der Waals surface area contributed by atoms with Crippen molar-refractivity contribution in [3.8, 4) is 0 Å². The quantitative estimate of drug-likeness (QED) is 0.624. The fraction of sp³-hybridized carbons (Fsp3) is 0.545. The normalized spacial score (nSPS) is 12.2. The molecular formula is C11H16N2O2S2. The van der Waals surface area contributed by atoms with E-state index in [-0.39, 0.29) is 11.2 Å². The molecule has 0 saturated heterocycles. The first-order valence-corrected chi connectivity index (χ1v) is 6.65. The van der Waals surface area contributed by atoms with Gasteiger partial charge in [0.15, 0.2) is 4.32 Å². The van der Waals surface area contributed by atoms with Crippen LogP contribution in [0.3, 0.4) is 0 Å². The van der Waals surface area contributed by atoms with Crippen LogP contribution in [0.4, 0.5) is 0 Å². The summed E-state index contributed by atoms with van der Waals surface area (Å²) in [5, 5.41) is 3.96. The second-order valence-corrected chi connectivity index (χ2v) is 5.59. The van der Waals surface area contributed by atoms with Gasteiger partial charge >= 0.3 is 5.97 Å². The number of carbonyl (C=O) groups is 1. The van der Waals surface area contributed by atoms with Gasteiger partial charge in [-0.05, 0) is 33.8 Å². The van der Waals surface area contributed by atoms with Gasteiger partial charge in [0.2, 0.25) is 0 Å². The fourth-order valence-electron chi connectivity index (χ4n) is 1.32. The Morgan fingerprint density at radius 2 is 2.29 bits per heavy atom. The monoisotopic (exact) mass is 272 g/mol. The molecule has 1 rings (SSSR count). The van der Waals surface area contributed by atoms with Crippen molar-refractivity contribution in [2.45, 2.75) is 32.9 Å². The zero-order valence-corrected chi connectivity index (χ0v) is 12.0. The van der Waals surface area contributed by atoms with Gasteiger partial charge in [-0.1, -0.05) is 24.0 Å². The molecule has 0 aliphatic carbocycles. The van der Waals surface area contributed by atoms with Crippen LogP contribution in [0.1, 0.15) is 25.2 Å². The third-order valence-electron chi connectivity index (χ3n) is 2.08. The van der Waals surface area contributed by atoms with Crippen LogP contribution in [0.5, 0.6) is 0 Å². The van der Waals surface area contributed by atoms with Gasteiger partial charge in [0.1, 0.15) is 5.25 Å². The summed E-state index contributed by atoms with van der Waals surface area (Å²) in [6.07, 6.45) is 0. The number of carbonyl (C=O) groups excluding carboxylic acids is 1. The molecule has 0 fully saturated rings. The molecule has 1 aromatic rings. The van der Waals surface area contributed by atoms with Crippen LogP contribution in [-0.4, -0.2) is 31.9 Å². The van der Waals surface area contributed by atoms with Gasteiger partial charge < -0.3 is 4.74 Å². The number of thioether (sulfide) groups is 1. The lowest BCUT2D eigenvalue weighted by molar-refractivity contribution is -0.142. The maximum absolute atomic E-state index is 11.5. The molecule has 0 bridgehead atoms. The van der Waals surface area contributed by atoms with Crippen LogP contribution in [0.15, 0.2) is 6.07 Å². The average Bonchev–Trinajstić information content (AvgIpc) is 2.58. The number of rotatable bonds is 3. The number of esters is 1. The molecule has 0 spiro atoms. The van der Waals surface area contributed by atoms with Crippen molar-refractivity contribution < 1.29 is 9.53 Å². The van der Waals surface area contributed by atoms with Gasteiger partial charge in [-0.2, -0.15) is 5.10 Å². The predicted octanol–water partition coefficient (Wildman–Crippen LogP) is 2.32. The van der Waals surface area contributed by atoms with Crippen molar-refractivity contribution in [2.75, 3.05) is 6.61 Å². The molecule has 0 saturated carbocycles. The number of aromatic nitrogens is 2. The van der Waals surface area contributed by atoms with E-state index in [1.807, 2.05) is 19.9 Å². The number of hydrogen-bond donors (Lipinski definition) is 0. The summed E-state index contributed by atoms with van der Waals surface area (Å²) >= 11 is 6.54. The van der Waals surface area contributed by atoms with Gasteiger partial charge in [0.25, 0.3) is 0 Å². The minimum atomic E-state index is -0.314. The fourth-order valence-corrected chi connectivity index (χ4v) is 2.69. The Labute approximate surface area is 111 Å². The zero-order chi connectivity index (χ0) is 13.0. The first kappa shape index (κ1) is 14.2. The molecule has 1 atom stereocenters. The van der Waals surface area contributed by atoms with E-state index in [4.69, 9.17) is 17.0 Å². The average molecular weight is 272 g/mol. The van der Waals surface area contributed by atoms with Gasteiger partial charge in [0, 0.05) is 5.69 Å². The van der Waals surface area contributed by atoms with E-state index in [2.05, 4.69) is 5.10 Å². The SMILES string of the molecule is CCOC(=O)C(C)SC(=S)n1nc(C)cc1C. The summed E-state index contributed by atoms with van der Waals surface area (Å²) in [7, 11) is 0. The number of nitrogens with zero attached hydrogens (tertiary/aromatic N) is 2. The van der Waals surface area contributed by atoms with Gasteiger partial charge in [0.05, 0.1) is 12.3 Å². The van der Waals surface area contributed by atoms with Crippen molar-refractivity contribution in [3.63, 3.8) is 0 Å². The highest BCUT2D eigenvalue weighted by Gasteiger charge is 2.18. The molecular weight excluding hydrogens is 256 g/mol. The van der Waals surface area contributed by atoms with E-state index < -0.39 is 0 Å². The van der Waals surface area contributed by atoms with Crippen LogP contribution >= 0.6 is 24.0 Å². The van der Waals surface area contributed by atoms with E-state index in [0.717, 1.165) is 11.4 Å². The second kappa shape index (κ2) is 6.16. The molecule has 6 heteroatoms. The van der Waals surface area contributed by atoms with E-state index in [0.29, 0.717) is 10.9 Å². The molecule has 0 aromatic carbocycles. The molecule has 0 aliphatic heterocycles. The lowest BCUT2D eigenvalue weighted by Gasteiger charge is -2.11. The summed E-state index contributed by atoms with van der Waals surface area (Å²) in [6.45, 7) is 7.79. The van der Waals surface area contributed by atoms with Crippen molar-refractivity contribution in [1.82, 2.24) is 9.78 Å². The van der Waals surface area contributed by atoms with Gasteiger partial charge in [-0.25, -0.2) is 4.68 Å². The lowest BCUT2D eigenvalue weighted by Crippen LogP contribution is -2.21. The third kappa shape index (κ3) is 3.81. The van der Waals surface area contributed by atoms with Crippen LogP contribution in [-0.2, 0) is 9.53 Å². The molecule has 17 heavy (non-hydrogen) atoms. The van der Waals surface area contributed by atoms with Gasteiger partial charge in [-0.15, -0.1) is 0 Å². The van der Waals surface area contributed by atoms with Crippen molar-refractivity contribution >= 4 is 34.3 Å². The second-order valence-electron chi connectivity index (χ2n) is 3.62. The number of hydrogen-bond acceptors (Lipinski definition) is 5. The highest BCUT2D eigenvalue weighted by atomic mass is 32.2. The Morgan fingerprint density at radius 1 is 1.65 bits per heavy atom. The van der Waals surface area contributed by atoms with E-state index in [1.54, 1.807) is 18.5 Å². The minimum Gasteiger partial charge on any atom is -0.465 e. The topological polar surface area (TPSA) is 44.1 Å². The summed E-state index contributed by atoms with van der Waals surface area (Å²) in [6, 6.07) is 1.95. The maximum Gasteiger partial charge on any atom is 0.319 e. The first-order valence-electron chi connectivity index (χ1n) is 5.36. The van der Waals surface area contributed by atoms with Crippen LogP contribution in [0.2, 0.25) is 0 Å². The molecule has 0 radical (unpaired) electrons. The molecule has 0 N–H and O–H groups in total. The van der Waals surface area contributed by atoms with E-state index >= 15 is 0 Å². The zero-order valence-electron chi connectivity index (χ0n) is 10.4. The van der Waals surface area contributed by atoms with Crippen molar-refractivity contribution in [2.24, 2.45) is 0 Å². The first-order chi connectivity index (χ1) is 7.95. The van der Waals surface area contributed by atoms with Gasteiger partial charge in [-0.3, -0.25) is 4.79 Å². The lowest BCUT2D eigenvalue weighted by atomic mass is 10.4. The molecule has 1 heterocycles. The molecule has 1 unspecified atom stereocenters. The summed E-state index contributed by atoms with van der Waals surface area (Å²) in [5.41, 5.74) is 1.88. The summed E-state index contributed by atoms with van der Waals surface area (Å²) < 4.78 is 7.16. The Kier molecular flexibility index (Phi) is 5.14. The van der Waals surface area contributed by atoms with Crippen molar-refractivity contribution in [3.05, 3.63) is 17.5 Å². The minimum absolute atomic E-state index is 0.249. The van der Waals surface area contributed by atoms with E-state index in [1.165, 1.54) is 11.8 Å². The largest absolute Gasteiger partial charge is 0.465 e. The highest BCUT2D eigenvalue weighted by molar-refractivity contribution is 8.23. The molecule has 0 aliphatic rings. The summed E-state index contributed by atoms with van der Waals surface area (Å²) in [4.78, 5) is 11.5. The number of aryl methyl sites for hydroxylation is 2. The molecule has 94 valence electrons. The Hall–Kier alpha value is -0.880. The number of ether oxygens (including phenoxy) is 1. The Bertz CT molecular complexity index is 429. The standard InChI is InChI=1S/C11H16N2O2S2/c1-5-15-10(14)9(4)17-11(16)13-8(3)6-7(2)12-13/h6,9H,5H2,1-4H3. The van der Waals surface area contributed by atoms with E-state index in [9.17, 15) is 4.79 Å². The maximum atomic E-state index is 11.5. The highest BCUT2D eigenvalue weighted by Crippen LogP contribution is 2.17. The van der Waals surface area contributed by atoms with Crippen LogP contribution in [0, 0.1) is 13.8 Å². The molecule has 4 nitrogen and oxygen atoms in total. The number of thiocarbonyl (C=S) groups is 1. The summed E-state index contributed by atoms with van der Waals surface area (Å²) in [5.74, 6) is -0.249. The van der Waals surface area contributed by atoms with Crippen molar-refractivity contribution in [1.29, 1.82) is 0 Å². The Morgan fingerprint density at radius 3 is 2.76 bits per heavy atom. The smallest absolute Gasteiger partial charge is 0.319 e. The van der Waals surface area contributed by atoms with Crippen LogP contribution < -0.4 is 0 Å². The predicted molar refractivity (Wildman–Crippen MR) is 73.4 cm³/mol. The third-order valence-corrected chi connectivity index (χ3v) is 3.46.